The Hall–Kier alpha value is -0.950. The van der Waals surface area contributed by atoms with E-state index in [-0.39, 0.29) is 10.9 Å². The molecule has 20 heavy (non-hydrogen) atoms. The molecule has 0 saturated heterocycles. The number of rotatable bonds is 9. The molecule has 1 rings (SSSR count). The second-order valence-electron chi connectivity index (χ2n) is 4.72. The maximum Gasteiger partial charge on any atom is 0.240 e. The highest BCUT2D eigenvalue weighted by Gasteiger charge is 2.17. The van der Waals surface area contributed by atoms with E-state index in [1.807, 2.05) is 19.1 Å². The molecule has 5 nitrogen and oxygen atoms in total. The third kappa shape index (κ3) is 5.58. The maximum atomic E-state index is 12.1. The van der Waals surface area contributed by atoms with Crippen molar-refractivity contribution in [1.29, 1.82) is 0 Å². The Kier molecular flexibility index (Phi) is 7.15. The van der Waals surface area contributed by atoms with E-state index in [1.165, 1.54) is 0 Å². The van der Waals surface area contributed by atoms with Crippen LogP contribution in [0.4, 0.5) is 0 Å². The van der Waals surface area contributed by atoms with Crippen LogP contribution in [0.1, 0.15) is 25.8 Å². The number of nitrogens with one attached hydrogen (secondary N) is 1. The van der Waals surface area contributed by atoms with Gasteiger partial charge < -0.3 is 10.5 Å². The fourth-order valence-electron chi connectivity index (χ4n) is 1.80. The second-order valence-corrected chi connectivity index (χ2v) is 6.43. The molecule has 0 spiro atoms. The minimum atomic E-state index is -3.48. The number of sulfonamides is 1. The lowest BCUT2D eigenvalue weighted by molar-refractivity contribution is 0.133. The maximum absolute atomic E-state index is 12.1. The lowest BCUT2D eigenvalue weighted by Gasteiger charge is -2.14. The molecule has 0 bridgehead atoms. The SMILES string of the molecule is CCOCC(C)NS(=O)(=O)c1ccc(CCCN)cc1. The van der Waals surface area contributed by atoms with Gasteiger partial charge in [-0.15, -0.1) is 0 Å². The molecule has 0 aliphatic carbocycles. The zero-order valence-electron chi connectivity index (χ0n) is 12.1. The van der Waals surface area contributed by atoms with Crippen LogP contribution >= 0.6 is 0 Å². The molecule has 1 aromatic carbocycles. The van der Waals surface area contributed by atoms with Crippen LogP contribution in [0.5, 0.6) is 0 Å². The zero-order chi connectivity index (χ0) is 15.0. The summed E-state index contributed by atoms with van der Waals surface area (Å²) in [5.41, 5.74) is 6.55. The van der Waals surface area contributed by atoms with Gasteiger partial charge in [0, 0.05) is 12.6 Å². The first-order valence-electron chi connectivity index (χ1n) is 6.88. The first-order valence-corrected chi connectivity index (χ1v) is 8.37. The van der Waals surface area contributed by atoms with E-state index in [1.54, 1.807) is 19.1 Å². The van der Waals surface area contributed by atoms with Gasteiger partial charge in [-0.3, -0.25) is 0 Å². The fraction of sp³-hybridized carbons (Fsp3) is 0.571. The first kappa shape index (κ1) is 17.1. The van der Waals surface area contributed by atoms with E-state index >= 15 is 0 Å². The van der Waals surface area contributed by atoms with Gasteiger partial charge in [-0.2, -0.15) is 0 Å². The molecule has 0 radical (unpaired) electrons. The summed E-state index contributed by atoms with van der Waals surface area (Å²) in [5, 5.41) is 0. The van der Waals surface area contributed by atoms with Crippen molar-refractivity contribution in [3.05, 3.63) is 29.8 Å². The standard InChI is InChI=1S/C14H24N2O3S/c1-3-19-11-12(2)16-20(17,18)14-8-6-13(7-9-14)5-4-10-15/h6-9,12,16H,3-5,10-11,15H2,1-2H3. The molecule has 3 N–H and O–H groups in total. The van der Waals surface area contributed by atoms with Crippen molar-refractivity contribution in [3.63, 3.8) is 0 Å². The summed E-state index contributed by atoms with van der Waals surface area (Å²) in [4.78, 5) is 0.275. The van der Waals surface area contributed by atoms with Crippen LogP contribution in [0.3, 0.4) is 0 Å². The summed E-state index contributed by atoms with van der Waals surface area (Å²) in [6, 6.07) is 6.66. The molecule has 1 aromatic rings. The molecule has 0 aromatic heterocycles. The van der Waals surface area contributed by atoms with E-state index in [2.05, 4.69) is 4.72 Å². The molecule has 0 heterocycles. The number of aryl methyl sites for hydroxylation is 1. The monoisotopic (exact) mass is 300 g/mol. The Balaban J connectivity index is 2.67. The van der Waals surface area contributed by atoms with E-state index < -0.39 is 10.0 Å². The van der Waals surface area contributed by atoms with Crippen molar-refractivity contribution in [2.45, 2.75) is 37.6 Å². The lowest BCUT2D eigenvalue weighted by Crippen LogP contribution is -2.35. The van der Waals surface area contributed by atoms with Gasteiger partial charge >= 0.3 is 0 Å². The summed E-state index contributed by atoms with van der Waals surface area (Å²) in [6.45, 7) is 5.23. The minimum absolute atomic E-state index is 0.253. The molecule has 0 saturated carbocycles. The third-order valence-corrected chi connectivity index (χ3v) is 4.44. The smallest absolute Gasteiger partial charge is 0.240 e. The summed E-state index contributed by atoms with van der Waals surface area (Å²) < 4.78 is 32.1. The predicted molar refractivity (Wildman–Crippen MR) is 80.1 cm³/mol. The second kappa shape index (κ2) is 8.36. The van der Waals surface area contributed by atoms with E-state index in [0.29, 0.717) is 19.8 Å². The van der Waals surface area contributed by atoms with Crippen LogP contribution in [0, 0.1) is 0 Å². The number of ether oxygens (including phenoxy) is 1. The Bertz CT molecular complexity index is 486. The highest BCUT2D eigenvalue weighted by molar-refractivity contribution is 7.89. The average molecular weight is 300 g/mol. The van der Waals surface area contributed by atoms with Gasteiger partial charge in [0.25, 0.3) is 0 Å². The first-order chi connectivity index (χ1) is 9.49. The molecule has 114 valence electrons. The molecular weight excluding hydrogens is 276 g/mol. The molecule has 0 amide bonds. The van der Waals surface area contributed by atoms with E-state index in [0.717, 1.165) is 18.4 Å². The molecule has 0 aliphatic rings. The van der Waals surface area contributed by atoms with E-state index in [4.69, 9.17) is 10.5 Å². The quantitative estimate of drug-likeness (QED) is 0.720. The van der Waals surface area contributed by atoms with Crippen molar-refractivity contribution in [2.75, 3.05) is 19.8 Å². The Morgan fingerprint density at radius 1 is 1.30 bits per heavy atom. The number of hydrogen-bond donors (Lipinski definition) is 2. The Morgan fingerprint density at radius 3 is 2.50 bits per heavy atom. The summed E-state index contributed by atoms with van der Waals surface area (Å²) in [5.74, 6) is 0. The van der Waals surface area contributed by atoms with Crippen molar-refractivity contribution in [3.8, 4) is 0 Å². The summed E-state index contributed by atoms with van der Waals surface area (Å²) in [7, 11) is -3.48. The van der Waals surface area contributed by atoms with Crippen LogP contribution in [-0.4, -0.2) is 34.2 Å². The van der Waals surface area contributed by atoms with Gasteiger partial charge in [-0.25, -0.2) is 13.1 Å². The van der Waals surface area contributed by atoms with Crippen molar-refractivity contribution >= 4 is 10.0 Å². The van der Waals surface area contributed by atoms with Gasteiger partial charge in [0.2, 0.25) is 10.0 Å². The van der Waals surface area contributed by atoms with Crippen molar-refractivity contribution in [2.24, 2.45) is 5.73 Å². The molecular formula is C14H24N2O3S. The molecule has 0 fully saturated rings. The van der Waals surface area contributed by atoms with Crippen LogP contribution in [0.15, 0.2) is 29.2 Å². The zero-order valence-corrected chi connectivity index (χ0v) is 12.9. The van der Waals surface area contributed by atoms with Gasteiger partial charge in [0.05, 0.1) is 11.5 Å². The Labute approximate surface area is 121 Å². The van der Waals surface area contributed by atoms with E-state index in [9.17, 15) is 8.42 Å². The van der Waals surface area contributed by atoms with Crippen LogP contribution < -0.4 is 10.5 Å². The average Bonchev–Trinajstić information content (AvgIpc) is 2.43. The molecule has 6 heteroatoms. The van der Waals surface area contributed by atoms with Gasteiger partial charge in [0.15, 0.2) is 0 Å². The number of benzene rings is 1. The van der Waals surface area contributed by atoms with Gasteiger partial charge in [-0.1, -0.05) is 12.1 Å². The highest BCUT2D eigenvalue weighted by atomic mass is 32.2. The minimum Gasteiger partial charge on any atom is -0.380 e. The van der Waals surface area contributed by atoms with Crippen LogP contribution in [0.25, 0.3) is 0 Å². The highest BCUT2D eigenvalue weighted by Crippen LogP contribution is 2.12. The van der Waals surface area contributed by atoms with Crippen LogP contribution in [0.2, 0.25) is 0 Å². The number of hydrogen-bond acceptors (Lipinski definition) is 4. The van der Waals surface area contributed by atoms with Gasteiger partial charge in [-0.05, 0) is 50.9 Å². The van der Waals surface area contributed by atoms with Crippen LogP contribution in [-0.2, 0) is 21.2 Å². The lowest BCUT2D eigenvalue weighted by atomic mass is 10.1. The fourth-order valence-corrected chi connectivity index (χ4v) is 3.03. The summed E-state index contributed by atoms with van der Waals surface area (Å²) in [6.07, 6.45) is 1.76. The number of nitrogens with two attached hydrogens (primary N) is 1. The third-order valence-electron chi connectivity index (χ3n) is 2.83. The molecule has 1 unspecified atom stereocenters. The van der Waals surface area contributed by atoms with Crippen molar-refractivity contribution < 1.29 is 13.2 Å². The summed E-state index contributed by atoms with van der Waals surface area (Å²) >= 11 is 0. The van der Waals surface area contributed by atoms with Gasteiger partial charge in [0.1, 0.15) is 0 Å². The molecule has 0 aliphatic heterocycles. The normalized spacial score (nSPS) is 13.3. The molecule has 1 atom stereocenters. The van der Waals surface area contributed by atoms with Crippen molar-refractivity contribution in [1.82, 2.24) is 4.72 Å². The predicted octanol–water partition coefficient (Wildman–Crippen LogP) is 1.28. The Morgan fingerprint density at radius 2 is 1.95 bits per heavy atom. The largest absolute Gasteiger partial charge is 0.380 e. The topological polar surface area (TPSA) is 81.4 Å².